The molecular formula is C20H28N2O3S. The largest absolute Gasteiger partial charge is 0.309 e. The van der Waals surface area contributed by atoms with Gasteiger partial charge in [-0.1, -0.05) is 19.3 Å². The average molecular weight is 377 g/mol. The molecule has 1 heterocycles. The first-order valence-electron chi connectivity index (χ1n) is 9.83. The number of anilines is 1. The summed E-state index contributed by atoms with van der Waals surface area (Å²) in [6.45, 7) is 2.04. The predicted molar refractivity (Wildman–Crippen MR) is 102 cm³/mol. The summed E-state index contributed by atoms with van der Waals surface area (Å²) in [5.41, 5.74) is 1.87. The molecule has 26 heavy (non-hydrogen) atoms. The zero-order chi connectivity index (χ0) is 18.5. The molecule has 6 heteroatoms. The molecule has 5 nitrogen and oxygen atoms in total. The molecule has 1 aromatic carbocycles. The van der Waals surface area contributed by atoms with Gasteiger partial charge in [-0.25, -0.2) is 8.42 Å². The first-order chi connectivity index (χ1) is 12.4. The number of hydrogen-bond donors (Lipinski definition) is 0. The third kappa shape index (κ3) is 3.07. The number of sulfonamides is 1. The third-order valence-electron chi connectivity index (χ3n) is 6.20. The van der Waals surface area contributed by atoms with E-state index in [0.29, 0.717) is 4.90 Å². The van der Waals surface area contributed by atoms with Gasteiger partial charge in [0.1, 0.15) is 0 Å². The summed E-state index contributed by atoms with van der Waals surface area (Å²) >= 11 is 0. The minimum absolute atomic E-state index is 0.104. The molecule has 0 spiro atoms. The van der Waals surface area contributed by atoms with Crippen LogP contribution in [0, 0.1) is 5.92 Å². The molecule has 4 rings (SSSR count). The molecule has 1 aromatic rings. The van der Waals surface area contributed by atoms with Crippen LogP contribution in [0.3, 0.4) is 0 Å². The van der Waals surface area contributed by atoms with Gasteiger partial charge in [0.05, 0.1) is 4.90 Å². The lowest BCUT2D eigenvalue weighted by molar-refractivity contribution is -0.120. The van der Waals surface area contributed by atoms with Crippen LogP contribution in [-0.4, -0.2) is 37.8 Å². The second kappa shape index (κ2) is 6.64. The summed E-state index contributed by atoms with van der Waals surface area (Å²) in [4.78, 5) is 14.8. The summed E-state index contributed by atoms with van der Waals surface area (Å²) in [7, 11) is -1.78. The van der Waals surface area contributed by atoms with E-state index in [1.54, 1.807) is 23.5 Å². The molecule has 0 saturated heterocycles. The van der Waals surface area contributed by atoms with E-state index in [2.05, 4.69) is 0 Å². The standard InChI is InChI=1S/C20H28N2O3S/c1-14-12-16-13-18(10-11-19(16)22(14)20(23)15-8-9-15)26(24,25)21(2)17-6-4-3-5-7-17/h10-11,13-15,17H,3-9,12H2,1-2H3. The van der Waals surface area contributed by atoms with Gasteiger partial charge in [0, 0.05) is 30.7 Å². The van der Waals surface area contributed by atoms with Crippen LogP contribution in [0.15, 0.2) is 23.1 Å². The highest BCUT2D eigenvalue weighted by molar-refractivity contribution is 7.89. The Labute approximate surface area is 156 Å². The van der Waals surface area contributed by atoms with E-state index in [4.69, 9.17) is 0 Å². The summed E-state index contributed by atoms with van der Waals surface area (Å²) in [6, 6.07) is 5.51. The van der Waals surface area contributed by atoms with Gasteiger partial charge in [-0.15, -0.1) is 0 Å². The molecule has 0 radical (unpaired) electrons. The number of carbonyl (C=O) groups excluding carboxylic acids is 1. The molecule has 1 aliphatic heterocycles. The van der Waals surface area contributed by atoms with E-state index in [1.807, 2.05) is 17.9 Å². The summed E-state index contributed by atoms with van der Waals surface area (Å²) in [6.07, 6.45) is 7.99. The molecule has 1 atom stereocenters. The fraction of sp³-hybridized carbons (Fsp3) is 0.650. The minimum Gasteiger partial charge on any atom is -0.309 e. The summed E-state index contributed by atoms with van der Waals surface area (Å²) < 4.78 is 27.8. The van der Waals surface area contributed by atoms with Gasteiger partial charge in [0.2, 0.25) is 15.9 Å². The van der Waals surface area contributed by atoms with E-state index in [1.165, 1.54) is 6.42 Å². The summed E-state index contributed by atoms with van der Waals surface area (Å²) in [5, 5.41) is 0. The van der Waals surface area contributed by atoms with Crippen LogP contribution in [0.4, 0.5) is 5.69 Å². The molecule has 2 fully saturated rings. The third-order valence-corrected chi connectivity index (χ3v) is 8.10. The van der Waals surface area contributed by atoms with E-state index in [-0.39, 0.29) is 23.9 Å². The minimum atomic E-state index is -3.49. The highest BCUT2D eigenvalue weighted by Gasteiger charge is 2.40. The molecule has 2 saturated carbocycles. The van der Waals surface area contributed by atoms with Crippen LogP contribution < -0.4 is 4.90 Å². The number of nitrogens with zero attached hydrogens (tertiary/aromatic N) is 2. The lowest BCUT2D eigenvalue weighted by Gasteiger charge is -2.30. The van der Waals surface area contributed by atoms with Gasteiger partial charge in [0.25, 0.3) is 0 Å². The van der Waals surface area contributed by atoms with Crippen molar-refractivity contribution in [2.45, 2.75) is 75.3 Å². The second-order valence-electron chi connectivity index (χ2n) is 8.14. The number of amides is 1. The molecule has 1 unspecified atom stereocenters. The Balaban J connectivity index is 1.61. The van der Waals surface area contributed by atoms with E-state index in [0.717, 1.165) is 56.2 Å². The van der Waals surface area contributed by atoms with Crippen molar-refractivity contribution in [2.75, 3.05) is 11.9 Å². The second-order valence-corrected chi connectivity index (χ2v) is 10.1. The predicted octanol–water partition coefficient (Wildman–Crippen LogP) is 3.33. The van der Waals surface area contributed by atoms with Crippen molar-refractivity contribution in [2.24, 2.45) is 5.92 Å². The summed E-state index contributed by atoms with van der Waals surface area (Å²) in [5.74, 6) is 0.371. The van der Waals surface area contributed by atoms with Crippen LogP contribution in [0.5, 0.6) is 0 Å². The monoisotopic (exact) mass is 376 g/mol. The molecule has 1 amide bonds. The van der Waals surface area contributed by atoms with Gasteiger partial charge >= 0.3 is 0 Å². The van der Waals surface area contributed by atoms with E-state index in [9.17, 15) is 13.2 Å². The van der Waals surface area contributed by atoms with Crippen molar-refractivity contribution >= 4 is 21.6 Å². The number of hydrogen-bond acceptors (Lipinski definition) is 3. The Hall–Kier alpha value is -1.40. The zero-order valence-corrected chi connectivity index (χ0v) is 16.5. The maximum absolute atomic E-state index is 13.1. The molecule has 142 valence electrons. The Morgan fingerprint density at radius 3 is 2.46 bits per heavy atom. The van der Waals surface area contributed by atoms with Gasteiger partial charge in [-0.2, -0.15) is 4.31 Å². The Morgan fingerprint density at radius 1 is 1.12 bits per heavy atom. The number of benzene rings is 1. The quantitative estimate of drug-likeness (QED) is 0.810. The zero-order valence-electron chi connectivity index (χ0n) is 15.6. The molecule has 0 bridgehead atoms. The van der Waals surface area contributed by atoms with Crippen molar-refractivity contribution in [3.8, 4) is 0 Å². The maximum atomic E-state index is 13.1. The van der Waals surface area contributed by atoms with Crippen molar-refractivity contribution < 1.29 is 13.2 Å². The van der Waals surface area contributed by atoms with E-state index < -0.39 is 10.0 Å². The molecule has 0 aromatic heterocycles. The van der Waals surface area contributed by atoms with Gasteiger partial charge in [-0.05, 0) is 62.8 Å². The van der Waals surface area contributed by atoms with Crippen molar-refractivity contribution in [3.63, 3.8) is 0 Å². The SMILES string of the molecule is CC1Cc2cc(S(=O)(=O)N(C)C3CCCCC3)ccc2N1C(=O)C1CC1. The fourth-order valence-electron chi connectivity index (χ4n) is 4.44. The van der Waals surface area contributed by atoms with E-state index >= 15 is 0 Å². The van der Waals surface area contributed by atoms with Crippen LogP contribution in [0.25, 0.3) is 0 Å². The Kier molecular flexibility index (Phi) is 4.59. The van der Waals surface area contributed by atoms with Gasteiger partial charge < -0.3 is 4.90 Å². The van der Waals surface area contributed by atoms with Crippen LogP contribution >= 0.6 is 0 Å². The fourth-order valence-corrected chi connectivity index (χ4v) is 5.90. The molecule has 2 aliphatic carbocycles. The van der Waals surface area contributed by atoms with Crippen LogP contribution in [0.1, 0.15) is 57.4 Å². The van der Waals surface area contributed by atoms with Crippen LogP contribution in [-0.2, 0) is 21.2 Å². The van der Waals surface area contributed by atoms with Crippen molar-refractivity contribution in [1.82, 2.24) is 4.31 Å². The molecule has 0 N–H and O–H groups in total. The lowest BCUT2D eigenvalue weighted by Crippen LogP contribution is -2.38. The first kappa shape index (κ1) is 18.0. The normalized spacial score (nSPS) is 24.1. The van der Waals surface area contributed by atoms with Crippen LogP contribution in [0.2, 0.25) is 0 Å². The average Bonchev–Trinajstić information content (AvgIpc) is 3.43. The van der Waals surface area contributed by atoms with Gasteiger partial charge in [-0.3, -0.25) is 4.79 Å². The topological polar surface area (TPSA) is 57.7 Å². The lowest BCUT2D eigenvalue weighted by atomic mass is 9.96. The molecular weight excluding hydrogens is 348 g/mol. The number of carbonyl (C=O) groups is 1. The Bertz CT molecular complexity index is 810. The highest BCUT2D eigenvalue weighted by Crippen LogP contribution is 2.40. The van der Waals surface area contributed by atoms with Gasteiger partial charge in [0.15, 0.2) is 0 Å². The maximum Gasteiger partial charge on any atom is 0.243 e. The smallest absolute Gasteiger partial charge is 0.243 e. The number of rotatable bonds is 4. The van der Waals surface area contributed by atoms with Crippen molar-refractivity contribution in [1.29, 1.82) is 0 Å². The Morgan fingerprint density at radius 2 is 1.81 bits per heavy atom. The highest BCUT2D eigenvalue weighted by atomic mass is 32.2. The first-order valence-corrected chi connectivity index (χ1v) is 11.3. The molecule has 3 aliphatic rings. The number of fused-ring (bicyclic) bond motifs is 1. The van der Waals surface area contributed by atoms with Crippen molar-refractivity contribution in [3.05, 3.63) is 23.8 Å².